The molecule has 2 aliphatic rings. The van der Waals surface area contributed by atoms with Crippen molar-refractivity contribution in [3.63, 3.8) is 0 Å². The van der Waals surface area contributed by atoms with Crippen LogP contribution in [0.3, 0.4) is 0 Å². The van der Waals surface area contributed by atoms with Crippen molar-refractivity contribution in [3.8, 4) is 11.5 Å². The second-order valence-corrected chi connectivity index (χ2v) is 9.82. The van der Waals surface area contributed by atoms with Crippen molar-refractivity contribution < 1.29 is 26.2 Å². The highest BCUT2D eigenvalue weighted by atomic mass is 32.2. The molecule has 0 bridgehead atoms. The number of anilines is 2. The molecule has 0 radical (unpaired) electrons. The summed E-state index contributed by atoms with van der Waals surface area (Å²) in [5.74, 6) is -1.63. The predicted octanol–water partition coefficient (Wildman–Crippen LogP) is 2.10. The van der Waals surface area contributed by atoms with Crippen molar-refractivity contribution in [1.82, 2.24) is 20.2 Å². The lowest BCUT2D eigenvalue weighted by Crippen LogP contribution is -2.22. The maximum Gasteiger partial charge on any atom is 0.318 e. The van der Waals surface area contributed by atoms with E-state index in [9.17, 15) is 17.2 Å². The van der Waals surface area contributed by atoms with Gasteiger partial charge in [-0.05, 0) is 48.4 Å². The summed E-state index contributed by atoms with van der Waals surface area (Å²) in [5.41, 5.74) is 2.04. The average Bonchev–Trinajstić information content (AvgIpc) is 3.48. The molecule has 0 spiro atoms. The molecule has 3 aromatic rings. The van der Waals surface area contributed by atoms with E-state index in [-0.39, 0.29) is 29.6 Å². The zero-order chi connectivity index (χ0) is 23.2. The molecule has 33 heavy (non-hydrogen) atoms. The fourth-order valence-electron chi connectivity index (χ4n) is 4.31. The molecular formula is C20H20F2N6O4S. The van der Waals surface area contributed by atoms with E-state index in [1.165, 1.54) is 24.5 Å². The Morgan fingerprint density at radius 2 is 1.79 bits per heavy atom. The number of hydrogen-bond donors (Lipinski definition) is 2. The third-order valence-corrected chi connectivity index (χ3v) is 6.72. The van der Waals surface area contributed by atoms with Gasteiger partial charge in [-0.3, -0.25) is 4.55 Å². The molecule has 1 aromatic carbocycles. The summed E-state index contributed by atoms with van der Waals surface area (Å²) in [6.07, 6.45) is 4.72. The van der Waals surface area contributed by atoms with E-state index in [0.29, 0.717) is 43.9 Å². The summed E-state index contributed by atoms with van der Waals surface area (Å²) in [6.45, 7) is 0.928. The van der Waals surface area contributed by atoms with E-state index in [4.69, 9.17) is 8.97 Å². The van der Waals surface area contributed by atoms with E-state index in [1.807, 2.05) is 0 Å². The minimum atomic E-state index is -4.03. The summed E-state index contributed by atoms with van der Waals surface area (Å²) in [6, 6.07) is 2.64. The van der Waals surface area contributed by atoms with Crippen LogP contribution in [0.15, 0.2) is 28.9 Å². The molecule has 1 unspecified atom stereocenters. The van der Waals surface area contributed by atoms with Crippen LogP contribution in [0, 0.1) is 17.6 Å². The van der Waals surface area contributed by atoms with Gasteiger partial charge in [0.2, 0.25) is 5.95 Å². The van der Waals surface area contributed by atoms with E-state index >= 15 is 0 Å². The molecule has 3 heterocycles. The van der Waals surface area contributed by atoms with E-state index in [0.717, 1.165) is 11.1 Å². The first-order valence-corrected chi connectivity index (χ1v) is 11.9. The van der Waals surface area contributed by atoms with Crippen LogP contribution in [0.4, 0.5) is 20.7 Å². The van der Waals surface area contributed by atoms with Crippen LogP contribution >= 0.6 is 0 Å². The molecule has 1 saturated heterocycles. The van der Waals surface area contributed by atoms with Crippen molar-refractivity contribution in [2.75, 3.05) is 29.1 Å². The second-order valence-electron chi connectivity index (χ2n) is 8.32. The van der Waals surface area contributed by atoms with Crippen molar-refractivity contribution in [3.05, 3.63) is 47.3 Å². The van der Waals surface area contributed by atoms with Gasteiger partial charge in [0.05, 0.1) is 11.3 Å². The van der Waals surface area contributed by atoms with Gasteiger partial charge in [-0.15, -0.1) is 5.10 Å². The number of rotatable bonds is 6. The number of halogens is 2. The standard InChI is InChI=1S/C20H20F2N6O4S/c21-16-5-12-3-15(4-13(12)6-17(16)22)25-19-23-7-14(8-24-19)18-26-27-20(32-18)28-2-1-11(9-28)10-33(29,30)31/h5-8,11,15H,1-4,9-10H2,(H,23,24,25)(H,29,30,31). The average molecular weight is 478 g/mol. The molecule has 1 atom stereocenters. The number of fused-ring (bicyclic) bond motifs is 1. The fourth-order valence-corrected chi connectivity index (χ4v) is 5.18. The summed E-state index contributed by atoms with van der Waals surface area (Å²) in [7, 11) is -4.03. The van der Waals surface area contributed by atoms with Gasteiger partial charge in [0, 0.05) is 31.5 Å². The molecule has 0 amide bonds. The smallest absolute Gasteiger partial charge is 0.318 e. The molecule has 2 aromatic heterocycles. The maximum absolute atomic E-state index is 13.4. The van der Waals surface area contributed by atoms with Crippen LogP contribution in [0.1, 0.15) is 17.5 Å². The molecular weight excluding hydrogens is 458 g/mol. The Labute approximate surface area is 187 Å². The van der Waals surface area contributed by atoms with E-state index in [2.05, 4.69) is 25.5 Å². The van der Waals surface area contributed by atoms with Crippen molar-refractivity contribution >= 4 is 22.1 Å². The van der Waals surface area contributed by atoms with Crippen LogP contribution in [-0.4, -0.2) is 58.0 Å². The fraction of sp³-hybridized carbons (Fsp3) is 0.400. The minimum Gasteiger partial charge on any atom is -0.403 e. The first kappa shape index (κ1) is 21.6. The molecule has 2 N–H and O–H groups in total. The van der Waals surface area contributed by atoms with Gasteiger partial charge in [0.25, 0.3) is 16.0 Å². The van der Waals surface area contributed by atoms with E-state index in [1.54, 1.807) is 4.90 Å². The van der Waals surface area contributed by atoms with Crippen LogP contribution < -0.4 is 10.2 Å². The SMILES string of the molecule is O=S(=O)(O)CC1CCN(c2nnc(-c3cnc(NC4Cc5cc(F)c(F)cc5C4)nc3)o2)C1. The number of aromatic nitrogens is 4. The first-order valence-electron chi connectivity index (χ1n) is 10.3. The monoisotopic (exact) mass is 478 g/mol. The maximum atomic E-state index is 13.4. The second kappa shape index (κ2) is 8.30. The summed E-state index contributed by atoms with van der Waals surface area (Å²) < 4.78 is 63.7. The van der Waals surface area contributed by atoms with Gasteiger partial charge in [0.15, 0.2) is 11.6 Å². The lowest BCUT2D eigenvalue weighted by atomic mass is 10.1. The zero-order valence-corrected chi connectivity index (χ0v) is 18.1. The molecule has 5 rings (SSSR count). The largest absolute Gasteiger partial charge is 0.403 e. The number of nitrogens with one attached hydrogen (secondary N) is 1. The summed E-state index contributed by atoms with van der Waals surface area (Å²) >= 11 is 0. The third-order valence-electron chi connectivity index (χ3n) is 5.82. The lowest BCUT2D eigenvalue weighted by molar-refractivity contribution is 0.469. The zero-order valence-electron chi connectivity index (χ0n) is 17.3. The van der Waals surface area contributed by atoms with Gasteiger partial charge >= 0.3 is 6.01 Å². The van der Waals surface area contributed by atoms with Crippen LogP contribution in [0.25, 0.3) is 11.5 Å². The lowest BCUT2D eigenvalue weighted by Gasteiger charge is -2.12. The first-order chi connectivity index (χ1) is 15.7. The Morgan fingerprint density at radius 1 is 1.12 bits per heavy atom. The van der Waals surface area contributed by atoms with Gasteiger partial charge in [-0.1, -0.05) is 5.10 Å². The van der Waals surface area contributed by atoms with Gasteiger partial charge in [0.1, 0.15) is 0 Å². The Hall–Kier alpha value is -3.19. The highest BCUT2D eigenvalue weighted by Gasteiger charge is 2.29. The Kier molecular flexibility index (Phi) is 5.44. The number of hydrogen-bond acceptors (Lipinski definition) is 9. The summed E-state index contributed by atoms with van der Waals surface area (Å²) in [5, 5.41) is 11.2. The highest BCUT2D eigenvalue weighted by molar-refractivity contribution is 7.85. The molecule has 1 aliphatic heterocycles. The van der Waals surface area contributed by atoms with Crippen molar-refractivity contribution in [2.24, 2.45) is 5.92 Å². The van der Waals surface area contributed by atoms with Crippen molar-refractivity contribution in [2.45, 2.75) is 25.3 Å². The topological polar surface area (TPSA) is 134 Å². The predicted molar refractivity (Wildman–Crippen MR) is 113 cm³/mol. The van der Waals surface area contributed by atoms with Gasteiger partial charge in [-0.2, -0.15) is 8.42 Å². The Bertz CT molecular complexity index is 1250. The molecule has 10 nitrogen and oxygen atoms in total. The molecule has 174 valence electrons. The minimum absolute atomic E-state index is 0.0760. The molecule has 13 heteroatoms. The van der Waals surface area contributed by atoms with E-state index < -0.39 is 21.8 Å². The van der Waals surface area contributed by atoms with Gasteiger partial charge in [-0.25, -0.2) is 18.7 Å². The van der Waals surface area contributed by atoms with Crippen LogP contribution in [0.2, 0.25) is 0 Å². The molecule has 0 saturated carbocycles. The normalized spacial score (nSPS) is 18.6. The Morgan fingerprint density at radius 3 is 2.42 bits per heavy atom. The number of benzene rings is 1. The van der Waals surface area contributed by atoms with Gasteiger partial charge < -0.3 is 14.6 Å². The van der Waals surface area contributed by atoms with Crippen LogP contribution in [-0.2, 0) is 23.0 Å². The van der Waals surface area contributed by atoms with Crippen LogP contribution in [0.5, 0.6) is 0 Å². The highest BCUT2D eigenvalue weighted by Crippen LogP contribution is 2.28. The number of nitrogens with zero attached hydrogens (tertiary/aromatic N) is 5. The molecule has 1 fully saturated rings. The summed E-state index contributed by atoms with van der Waals surface area (Å²) in [4.78, 5) is 10.3. The molecule has 1 aliphatic carbocycles. The third kappa shape index (κ3) is 4.78. The quantitative estimate of drug-likeness (QED) is 0.507. The Balaban J connectivity index is 1.21. The van der Waals surface area contributed by atoms with Crippen molar-refractivity contribution in [1.29, 1.82) is 0 Å².